The standard InChI is InChI=1S/C20H20N2O4S2/c23-18-10-8-15(9-11-18)4-2-12-21-20(24)16-5-1-6-17(14-16)22-28(25,26)19-7-3-13-27-19/h1,3,5-11,13-14,22-23H,2,4,12H2,(H,21,24). The highest BCUT2D eigenvalue weighted by atomic mass is 32.2. The van der Waals surface area contributed by atoms with Gasteiger partial charge in [-0.1, -0.05) is 24.3 Å². The number of carbonyl (C=O) groups is 1. The molecule has 8 heteroatoms. The number of hydrogen-bond acceptors (Lipinski definition) is 5. The Bertz CT molecular complexity index is 1030. The zero-order valence-electron chi connectivity index (χ0n) is 15.0. The van der Waals surface area contributed by atoms with Crippen LogP contribution in [0, 0.1) is 0 Å². The van der Waals surface area contributed by atoms with Crippen molar-refractivity contribution in [2.75, 3.05) is 11.3 Å². The molecule has 0 aliphatic heterocycles. The fourth-order valence-corrected chi connectivity index (χ4v) is 4.65. The zero-order valence-corrected chi connectivity index (χ0v) is 16.6. The van der Waals surface area contributed by atoms with Gasteiger partial charge in [0, 0.05) is 17.8 Å². The van der Waals surface area contributed by atoms with E-state index >= 15 is 0 Å². The molecule has 146 valence electrons. The number of benzene rings is 2. The largest absolute Gasteiger partial charge is 0.508 e. The van der Waals surface area contributed by atoms with Gasteiger partial charge in [-0.2, -0.15) is 0 Å². The van der Waals surface area contributed by atoms with E-state index in [4.69, 9.17) is 0 Å². The summed E-state index contributed by atoms with van der Waals surface area (Å²) in [6.07, 6.45) is 1.53. The lowest BCUT2D eigenvalue weighted by atomic mass is 10.1. The molecule has 28 heavy (non-hydrogen) atoms. The van der Waals surface area contributed by atoms with Gasteiger partial charge in [0.2, 0.25) is 0 Å². The van der Waals surface area contributed by atoms with Crippen molar-refractivity contribution in [1.82, 2.24) is 5.32 Å². The minimum absolute atomic E-state index is 0.219. The van der Waals surface area contributed by atoms with Gasteiger partial charge in [-0.25, -0.2) is 8.42 Å². The SMILES string of the molecule is O=C(NCCCc1ccc(O)cc1)c1cccc(NS(=O)(=O)c2cccs2)c1. The van der Waals surface area contributed by atoms with E-state index in [9.17, 15) is 18.3 Å². The number of rotatable bonds is 8. The summed E-state index contributed by atoms with van der Waals surface area (Å²) in [5.74, 6) is -0.0329. The van der Waals surface area contributed by atoms with E-state index in [-0.39, 0.29) is 15.9 Å². The second-order valence-electron chi connectivity index (χ2n) is 6.14. The van der Waals surface area contributed by atoms with E-state index in [2.05, 4.69) is 10.0 Å². The number of nitrogens with one attached hydrogen (secondary N) is 2. The second-order valence-corrected chi connectivity index (χ2v) is 9.00. The number of phenols is 1. The van der Waals surface area contributed by atoms with Crippen LogP contribution in [0.2, 0.25) is 0 Å². The highest BCUT2D eigenvalue weighted by molar-refractivity contribution is 7.94. The number of phenolic OH excluding ortho intramolecular Hbond substituents is 1. The van der Waals surface area contributed by atoms with Crippen molar-refractivity contribution in [2.24, 2.45) is 0 Å². The molecule has 0 saturated carbocycles. The summed E-state index contributed by atoms with van der Waals surface area (Å²) >= 11 is 1.13. The highest BCUT2D eigenvalue weighted by Gasteiger charge is 2.16. The van der Waals surface area contributed by atoms with Crippen molar-refractivity contribution in [3.8, 4) is 5.75 Å². The smallest absolute Gasteiger partial charge is 0.271 e. The third-order valence-electron chi connectivity index (χ3n) is 4.00. The molecule has 0 fully saturated rings. The monoisotopic (exact) mass is 416 g/mol. The number of thiophene rings is 1. The van der Waals surface area contributed by atoms with Crippen LogP contribution < -0.4 is 10.0 Å². The first kappa shape index (κ1) is 19.9. The van der Waals surface area contributed by atoms with E-state index in [1.165, 1.54) is 12.1 Å². The van der Waals surface area contributed by atoms with E-state index in [1.54, 1.807) is 41.8 Å². The van der Waals surface area contributed by atoms with Gasteiger partial charge in [0.15, 0.2) is 0 Å². The molecule has 1 aromatic heterocycles. The van der Waals surface area contributed by atoms with Crippen LogP contribution >= 0.6 is 11.3 Å². The van der Waals surface area contributed by atoms with Gasteiger partial charge in [-0.15, -0.1) is 11.3 Å². The number of aryl methyl sites for hydroxylation is 1. The maximum absolute atomic E-state index is 12.3. The molecule has 0 bridgehead atoms. The molecule has 3 aromatic rings. The lowest BCUT2D eigenvalue weighted by Gasteiger charge is -2.09. The summed E-state index contributed by atoms with van der Waals surface area (Å²) in [5, 5.41) is 13.8. The molecule has 0 atom stereocenters. The zero-order chi connectivity index (χ0) is 20.0. The van der Waals surface area contributed by atoms with E-state index in [0.29, 0.717) is 17.8 Å². The molecule has 1 amide bonds. The predicted octanol–water partition coefficient (Wildman–Crippen LogP) is 3.62. The predicted molar refractivity (Wildman–Crippen MR) is 110 cm³/mol. The number of sulfonamides is 1. The molecule has 0 radical (unpaired) electrons. The Balaban J connectivity index is 1.54. The Kier molecular flexibility index (Phi) is 6.33. The van der Waals surface area contributed by atoms with Crippen LogP contribution in [0.15, 0.2) is 70.3 Å². The fourth-order valence-electron chi connectivity index (χ4n) is 2.60. The summed E-state index contributed by atoms with van der Waals surface area (Å²) in [5.41, 5.74) is 1.80. The Morgan fingerprint density at radius 2 is 1.82 bits per heavy atom. The Morgan fingerprint density at radius 3 is 2.54 bits per heavy atom. The van der Waals surface area contributed by atoms with E-state index in [0.717, 1.165) is 29.7 Å². The maximum atomic E-state index is 12.3. The summed E-state index contributed by atoms with van der Waals surface area (Å²) in [6.45, 7) is 0.491. The summed E-state index contributed by atoms with van der Waals surface area (Å²) in [6, 6.07) is 16.6. The molecule has 0 aliphatic carbocycles. The van der Waals surface area contributed by atoms with Crippen LogP contribution in [0.25, 0.3) is 0 Å². The Hall–Kier alpha value is -2.84. The molecular formula is C20H20N2O4S2. The summed E-state index contributed by atoms with van der Waals surface area (Å²) in [4.78, 5) is 12.3. The molecule has 0 unspecified atom stereocenters. The van der Waals surface area contributed by atoms with Gasteiger partial charge < -0.3 is 10.4 Å². The molecule has 0 saturated heterocycles. The Labute approximate surface area is 167 Å². The topological polar surface area (TPSA) is 95.5 Å². The molecule has 3 rings (SSSR count). The lowest BCUT2D eigenvalue weighted by molar-refractivity contribution is 0.0953. The number of carbonyl (C=O) groups excluding carboxylic acids is 1. The van der Waals surface area contributed by atoms with E-state index in [1.807, 2.05) is 12.1 Å². The van der Waals surface area contributed by atoms with Crippen molar-refractivity contribution in [1.29, 1.82) is 0 Å². The van der Waals surface area contributed by atoms with Gasteiger partial charge >= 0.3 is 0 Å². The molecule has 0 aliphatic rings. The van der Waals surface area contributed by atoms with Crippen molar-refractivity contribution < 1.29 is 18.3 Å². The van der Waals surface area contributed by atoms with Gasteiger partial charge in [-0.3, -0.25) is 9.52 Å². The maximum Gasteiger partial charge on any atom is 0.271 e. The van der Waals surface area contributed by atoms with Gasteiger partial charge in [0.25, 0.3) is 15.9 Å². The van der Waals surface area contributed by atoms with E-state index < -0.39 is 10.0 Å². The van der Waals surface area contributed by atoms with Crippen molar-refractivity contribution in [2.45, 2.75) is 17.1 Å². The first-order valence-electron chi connectivity index (χ1n) is 8.66. The normalized spacial score (nSPS) is 11.1. The molecule has 3 N–H and O–H groups in total. The highest BCUT2D eigenvalue weighted by Crippen LogP contribution is 2.20. The van der Waals surface area contributed by atoms with Crippen LogP contribution in [0.1, 0.15) is 22.3 Å². The quantitative estimate of drug-likeness (QED) is 0.489. The second kappa shape index (κ2) is 8.90. The van der Waals surface area contributed by atoms with Crippen LogP contribution in [0.4, 0.5) is 5.69 Å². The van der Waals surface area contributed by atoms with Crippen molar-refractivity contribution >= 4 is 33.0 Å². The minimum Gasteiger partial charge on any atom is -0.508 e. The number of amides is 1. The van der Waals surface area contributed by atoms with Crippen LogP contribution in [-0.2, 0) is 16.4 Å². The van der Waals surface area contributed by atoms with Crippen molar-refractivity contribution in [3.05, 3.63) is 77.2 Å². The van der Waals surface area contributed by atoms with Crippen molar-refractivity contribution in [3.63, 3.8) is 0 Å². The molecule has 2 aromatic carbocycles. The third kappa shape index (κ3) is 5.34. The molecule has 0 spiro atoms. The fraction of sp³-hybridized carbons (Fsp3) is 0.150. The average molecular weight is 417 g/mol. The average Bonchev–Trinajstić information content (AvgIpc) is 3.22. The van der Waals surface area contributed by atoms with Crippen LogP contribution in [0.5, 0.6) is 5.75 Å². The van der Waals surface area contributed by atoms with Gasteiger partial charge in [0.05, 0.1) is 0 Å². The third-order valence-corrected chi connectivity index (χ3v) is 6.78. The number of aromatic hydroxyl groups is 1. The van der Waals surface area contributed by atoms with Crippen LogP contribution in [0.3, 0.4) is 0 Å². The lowest BCUT2D eigenvalue weighted by Crippen LogP contribution is -2.25. The minimum atomic E-state index is -3.65. The van der Waals surface area contributed by atoms with Gasteiger partial charge in [0.1, 0.15) is 9.96 Å². The first-order valence-corrected chi connectivity index (χ1v) is 11.0. The number of hydrogen-bond donors (Lipinski definition) is 3. The van der Waals surface area contributed by atoms with Gasteiger partial charge in [-0.05, 0) is 60.2 Å². The molecule has 1 heterocycles. The summed E-state index contributed by atoms with van der Waals surface area (Å²) in [7, 11) is -3.65. The van der Waals surface area contributed by atoms with Crippen LogP contribution in [-0.4, -0.2) is 26.0 Å². The Morgan fingerprint density at radius 1 is 1.04 bits per heavy atom. The summed E-state index contributed by atoms with van der Waals surface area (Å²) < 4.78 is 27.3. The molecule has 6 nitrogen and oxygen atoms in total. The molecular weight excluding hydrogens is 396 g/mol. The number of anilines is 1. The first-order chi connectivity index (χ1) is 13.4.